The van der Waals surface area contributed by atoms with Crippen molar-refractivity contribution in [1.29, 1.82) is 0 Å². The quantitative estimate of drug-likeness (QED) is 0.560. The van der Waals surface area contributed by atoms with Crippen LogP contribution in [0.4, 0.5) is 5.69 Å². The van der Waals surface area contributed by atoms with Crippen LogP contribution in [0.2, 0.25) is 0 Å². The van der Waals surface area contributed by atoms with Crippen molar-refractivity contribution in [1.82, 2.24) is 10.3 Å². The number of hydrogen-bond acceptors (Lipinski definition) is 6. The average molecular weight is 460 g/mol. The number of benzene rings is 2. The molecule has 0 unspecified atom stereocenters. The maximum Gasteiger partial charge on any atom is 0.262 e. The van der Waals surface area contributed by atoms with E-state index in [2.05, 4.69) is 15.0 Å². The highest BCUT2D eigenvalue weighted by Gasteiger charge is 2.22. The highest BCUT2D eigenvalue weighted by molar-refractivity contribution is 7.92. The third kappa shape index (κ3) is 5.47. The zero-order valence-corrected chi connectivity index (χ0v) is 18.5. The summed E-state index contributed by atoms with van der Waals surface area (Å²) < 4.78 is 51.4. The first-order chi connectivity index (χ1) is 14.6. The van der Waals surface area contributed by atoms with Gasteiger partial charge in [-0.1, -0.05) is 24.3 Å². The molecular weight excluding hydrogens is 438 g/mol. The van der Waals surface area contributed by atoms with Gasteiger partial charge < -0.3 is 5.32 Å². The molecule has 0 aliphatic rings. The second-order valence-corrected chi connectivity index (χ2v) is 10.6. The van der Waals surface area contributed by atoms with Crippen LogP contribution in [0.25, 0.3) is 0 Å². The van der Waals surface area contributed by atoms with E-state index >= 15 is 0 Å². The Balaban J connectivity index is 1.79. The number of anilines is 1. The average Bonchev–Trinajstić information content (AvgIpc) is 2.73. The number of pyridine rings is 1. The number of sulfonamides is 1. The number of amides is 1. The Morgan fingerprint density at radius 1 is 0.968 bits per heavy atom. The molecule has 1 amide bonds. The number of rotatable bonds is 7. The smallest absolute Gasteiger partial charge is 0.262 e. The molecule has 0 saturated carbocycles. The number of hydrogen-bond donors (Lipinski definition) is 2. The van der Waals surface area contributed by atoms with Gasteiger partial charge in [0.25, 0.3) is 15.9 Å². The van der Waals surface area contributed by atoms with Crippen molar-refractivity contribution < 1.29 is 21.6 Å². The highest BCUT2D eigenvalue weighted by atomic mass is 32.2. The minimum atomic E-state index is -4.03. The summed E-state index contributed by atoms with van der Waals surface area (Å²) in [7, 11) is -7.34. The van der Waals surface area contributed by atoms with Gasteiger partial charge in [0, 0.05) is 19.0 Å². The second-order valence-electron chi connectivity index (χ2n) is 6.89. The molecule has 1 aromatic heterocycles. The van der Waals surface area contributed by atoms with Crippen molar-refractivity contribution in [3.63, 3.8) is 0 Å². The fourth-order valence-electron chi connectivity index (χ4n) is 2.79. The molecule has 0 aliphatic heterocycles. The lowest BCUT2D eigenvalue weighted by atomic mass is 10.2. The molecule has 0 fully saturated rings. The van der Waals surface area contributed by atoms with Gasteiger partial charge in [0.1, 0.15) is 4.90 Å². The van der Waals surface area contributed by atoms with Crippen LogP contribution in [0.15, 0.2) is 76.8 Å². The summed E-state index contributed by atoms with van der Waals surface area (Å²) >= 11 is 0. The zero-order valence-electron chi connectivity index (χ0n) is 16.9. The van der Waals surface area contributed by atoms with E-state index in [4.69, 9.17) is 0 Å². The van der Waals surface area contributed by atoms with Crippen LogP contribution in [-0.2, 0) is 26.4 Å². The molecule has 1 heterocycles. The van der Waals surface area contributed by atoms with E-state index in [-0.39, 0.29) is 21.9 Å². The largest absolute Gasteiger partial charge is 0.348 e. The molecule has 3 aromatic rings. The van der Waals surface area contributed by atoms with E-state index in [1.807, 2.05) is 0 Å². The van der Waals surface area contributed by atoms with Gasteiger partial charge in [-0.2, -0.15) is 0 Å². The van der Waals surface area contributed by atoms with Gasteiger partial charge >= 0.3 is 0 Å². The Bertz CT molecular complexity index is 1320. The number of nitrogens with one attached hydrogen (secondary N) is 2. The van der Waals surface area contributed by atoms with Gasteiger partial charge in [-0.3, -0.25) is 14.5 Å². The van der Waals surface area contributed by atoms with Gasteiger partial charge in [-0.15, -0.1) is 0 Å². The summed E-state index contributed by atoms with van der Waals surface area (Å²) in [4.78, 5) is 16.7. The molecule has 0 aliphatic carbocycles. The van der Waals surface area contributed by atoms with E-state index in [1.54, 1.807) is 37.4 Å². The molecule has 2 N–H and O–H groups in total. The van der Waals surface area contributed by atoms with E-state index in [0.29, 0.717) is 16.8 Å². The molecule has 31 heavy (non-hydrogen) atoms. The van der Waals surface area contributed by atoms with Crippen molar-refractivity contribution in [3.05, 3.63) is 83.7 Å². The molecule has 10 heteroatoms. The standard InChI is InChI=1S/C21H21N3O5S2/c1-15-11-12-22-14-19(15)24-31(28,29)20-6-4-3-5-18(20)21(25)23-13-16-7-9-17(10-8-16)30(2,26)27/h3-12,14,24H,13H2,1-2H3,(H,23,25). The number of carbonyl (C=O) groups excluding carboxylic acids is 1. The van der Waals surface area contributed by atoms with E-state index in [9.17, 15) is 21.6 Å². The molecule has 8 nitrogen and oxygen atoms in total. The van der Waals surface area contributed by atoms with Crippen molar-refractivity contribution in [2.75, 3.05) is 11.0 Å². The van der Waals surface area contributed by atoms with Crippen LogP contribution in [0, 0.1) is 6.92 Å². The molecule has 0 bridgehead atoms. The first-order valence-corrected chi connectivity index (χ1v) is 12.5. The second kappa shape index (κ2) is 8.86. The minimum absolute atomic E-state index is 0.00991. The summed E-state index contributed by atoms with van der Waals surface area (Å²) in [6, 6.07) is 13.6. The number of nitrogens with zero attached hydrogens (tertiary/aromatic N) is 1. The Kier molecular flexibility index (Phi) is 6.42. The predicted octanol–water partition coefficient (Wildman–Crippen LogP) is 2.52. The predicted molar refractivity (Wildman–Crippen MR) is 117 cm³/mol. The summed E-state index contributed by atoms with van der Waals surface area (Å²) in [6.07, 6.45) is 4.06. The third-order valence-corrected chi connectivity index (χ3v) is 7.06. The van der Waals surface area contributed by atoms with Gasteiger partial charge in [0.2, 0.25) is 0 Å². The SMILES string of the molecule is Cc1ccncc1NS(=O)(=O)c1ccccc1C(=O)NCc1ccc(S(C)(=O)=O)cc1. The van der Waals surface area contributed by atoms with Gasteiger partial charge in [-0.05, 0) is 48.4 Å². The first-order valence-electron chi connectivity index (χ1n) is 9.17. The first kappa shape index (κ1) is 22.4. The van der Waals surface area contributed by atoms with Crippen LogP contribution >= 0.6 is 0 Å². The van der Waals surface area contributed by atoms with E-state index in [1.165, 1.54) is 36.5 Å². The molecule has 2 aromatic carbocycles. The summed E-state index contributed by atoms with van der Waals surface area (Å²) in [5.74, 6) is -0.573. The molecule has 0 radical (unpaired) electrons. The molecular formula is C21H21N3O5S2. The molecule has 0 atom stereocenters. The zero-order chi connectivity index (χ0) is 22.6. The van der Waals surface area contributed by atoms with Crippen LogP contribution < -0.4 is 10.0 Å². The highest BCUT2D eigenvalue weighted by Crippen LogP contribution is 2.21. The molecule has 3 rings (SSSR count). The third-order valence-electron chi connectivity index (χ3n) is 4.51. The van der Waals surface area contributed by atoms with Crippen LogP contribution in [0.1, 0.15) is 21.5 Å². The van der Waals surface area contributed by atoms with Crippen LogP contribution in [0.3, 0.4) is 0 Å². The normalized spacial score (nSPS) is 11.7. The molecule has 0 spiro atoms. The summed E-state index contributed by atoms with van der Waals surface area (Å²) in [5, 5.41) is 2.67. The Morgan fingerprint density at radius 3 is 2.29 bits per heavy atom. The summed E-state index contributed by atoms with van der Waals surface area (Å²) in [5.41, 5.74) is 1.68. The van der Waals surface area contributed by atoms with Gasteiger partial charge in [-0.25, -0.2) is 16.8 Å². The number of aromatic nitrogens is 1. The van der Waals surface area contributed by atoms with E-state index in [0.717, 1.165) is 6.26 Å². The van der Waals surface area contributed by atoms with Gasteiger partial charge in [0.15, 0.2) is 9.84 Å². The van der Waals surface area contributed by atoms with E-state index < -0.39 is 25.8 Å². The maximum absolute atomic E-state index is 12.9. The fourth-order valence-corrected chi connectivity index (χ4v) is 4.74. The minimum Gasteiger partial charge on any atom is -0.348 e. The summed E-state index contributed by atoms with van der Waals surface area (Å²) in [6.45, 7) is 1.85. The molecule has 162 valence electrons. The number of aryl methyl sites for hydroxylation is 1. The monoisotopic (exact) mass is 459 g/mol. The Morgan fingerprint density at radius 2 is 1.65 bits per heavy atom. The molecule has 0 saturated heterocycles. The topological polar surface area (TPSA) is 122 Å². The lowest BCUT2D eigenvalue weighted by Crippen LogP contribution is -2.26. The maximum atomic E-state index is 12.9. The Hall–Kier alpha value is -3.24. The van der Waals surface area contributed by atoms with Crippen LogP contribution in [0.5, 0.6) is 0 Å². The van der Waals surface area contributed by atoms with Crippen molar-refractivity contribution in [2.45, 2.75) is 23.3 Å². The Labute approximate surface area is 181 Å². The lowest BCUT2D eigenvalue weighted by Gasteiger charge is -2.13. The van der Waals surface area contributed by atoms with Gasteiger partial charge in [0.05, 0.1) is 22.3 Å². The number of carbonyl (C=O) groups is 1. The van der Waals surface area contributed by atoms with Crippen molar-refractivity contribution in [2.24, 2.45) is 0 Å². The lowest BCUT2D eigenvalue weighted by molar-refractivity contribution is 0.0947. The van der Waals surface area contributed by atoms with Crippen LogP contribution in [-0.4, -0.2) is 34.0 Å². The van der Waals surface area contributed by atoms with Crippen molar-refractivity contribution in [3.8, 4) is 0 Å². The number of sulfone groups is 1. The fraction of sp³-hybridized carbons (Fsp3) is 0.143. The van der Waals surface area contributed by atoms with Crippen molar-refractivity contribution >= 4 is 31.5 Å².